The van der Waals surface area contributed by atoms with Gasteiger partial charge in [0, 0.05) is 31.1 Å². The van der Waals surface area contributed by atoms with Gasteiger partial charge in [-0.2, -0.15) is 0 Å². The average molecular weight is 642 g/mol. The number of aliphatic hydroxyl groups excluding tert-OH is 1. The number of rotatable bonds is 7. The number of para-hydroxylation sites is 1. The lowest BCUT2D eigenvalue weighted by molar-refractivity contribution is -0.157. The number of anilines is 1. The Labute approximate surface area is 280 Å². The number of ether oxygens (including phenoxy) is 2. The number of nitrogens with one attached hydrogen (secondary N) is 1. The molecule has 0 unspecified atom stereocenters. The van der Waals surface area contributed by atoms with Crippen molar-refractivity contribution in [3.63, 3.8) is 0 Å². The molecule has 2 atom stereocenters. The molecule has 3 heterocycles. The third-order valence-corrected chi connectivity index (χ3v) is 10.5. The average Bonchev–Trinajstić information content (AvgIpc) is 3.68. The third-order valence-electron chi connectivity index (χ3n) is 10.5. The number of nitrogens with zero attached hydrogens (tertiary/aromatic N) is 2. The first-order valence-corrected chi connectivity index (χ1v) is 16.8. The van der Waals surface area contributed by atoms with Gasteiger partial charge < -0.3 is 29.7 Å². The van der Waals surface area contributed by atoms with Gasteiger partial charge in [-0.3, -0.25) is 9.59 Å². The van der Waals surface area contributed by atoms with Gasteiger partial charge in [-0.1, -0.05) is 84.9 Å². The summed E-state index contributed by atoms with van der Waals surface area (Å²) in [4.78, 5) is 31.4. The van der Waals surface area contributed by atoms with Crippen molar-refractivity contribution in [1.82, 2.24) is 10.2 Å². The van der Waals surface area contributed by atoms with E-state index < -0.39 is 11.8 Å². The number of allylic oxidation sites excluding steroid dienone is 1. The number of carbonyl (C=O) groups is 2. The van der Waals surface area contributed by atoms with Gasteiger partial charge in [-0.15, -0.1) is 0 Å². The Morgan fingerprint density at radius 1 is 0.896 bits per heavy atom. The predicted octanol–water partition coefficient (Wildman–Crippen LogP) is 5.64. The minimum absolute atomic E-state index is 0.0112. The van der Waals surface area contributed by atoms with E-state index in [9.17, 15) is 14.7 Å². The summed E-state index contributed by atoms with van der Waals surface area (Å²) in [6.45, 7) is 1.65. The molecule has 0 aromatic heterocycles. The monoisotopic (exact) mass is 641 g/mol. The largest absolute Gasteiger partial charge is 0.459 e. The van der Waals surface area contributed by atoms with Crippen LogP contribution in [0.2, 0.25) is 0 Å². The summed E-state index contributed by atoms with van der Waals surface area (Å²) in [5.74, 6) is 0.0720. The summed E-state index contributed by atoms with van der Waals surface area (Å²) in [6.07, 6.45) is 3.86. The van der Waals surface area contributed by atoms with Crippen LogP contribution in [0.25, 0.3) is 11.1 Å². The molecule has 0 bridgehead atoms. The lowest BCUT2D eigenvalue weighted by Crippen LogP contribution is -2.57. The number of hydrogen-bond acceptors (Lipinski definition) is 6. The van der Waals surface area contributed by atoms with Crippen molar-refractivity contribution < 1.29 is 24.2 Å². The van der Waals surface area contributed by atoms with Crippen molar-refractivity contribution in [2.24, 2.45) is 0 Å². The van der Waals surface area contributed by atoms with E-state index in [1.165, 1.54) is 27.8 Å². The fourth-order valence-corrected chi connectivity index (χ4v) is 7.86. The van der Waals surface area contributed by atoms with Crippen LogP contribution in [0.3, 0.4) is 0 Å². The van der Waals surface area contributed by atoms with Crippen LogP contribution >= 0.6 is 0 Å². The topological polar surface area (TPSA) is 91.3 Å². The first-order chi connectivity index (χ1) is 23.5. The molecule has 1 aliphatic carbocycles. The zero-order chi connectivity index (χ0) is 32.7. The highest BCUT2D eigenvalue weighted by atomic mass is 16.7. The molecule has 2 saturated heterocycles. The van der Waals surface area contributed by atoms with Crippen LogP contribution in [0.4, 0.5) is 5.69 Å². The van der Waals surface area contributed by atoms with Crippen LogP contribution in [0.15, 0.2) is 109 Å². The molecule has 8 nitrogen and oxygen atoms in total. The summed E-state index contributed by atoms with van der Waals surface area (Å²) in [5, 5.41) is 12.5. The molecule has 8 heteroatoms. The number of carbonyl (C=O) groups excluding carboxylic acids is 2. The molecule has 8 rings (SSSR count). The Bertz CT molecular complexity index is 1860. The number of hydrogen-bond donors (Lipinski definition) is 2. The van der Waals surface area contributed by atoms with Gasteiger partial charge in [0.25, 0.3) is 5.91 Å². The van der Waals surface area contributed by atoms with Gasteiger partial charge in [0.15, 0.2) is 5.76 Å². The molecule has 4 aliphatic rings. The Hall–Kier alpha value is -4.92. The van der Waals surface area contributed by atoms with Crippen molar-refractivity contribution in [1.29, 1.82) is 0 Å². The van der Waals surface area contributed by atoms with Crippen LogP contribution in [-0.2, 0) is 38.7 Å². The van der Waals surface area contributed by atoms with Gasteiger partial charge in [0.2, 0.25) is 12.2 Å². The molecular formula is C40H39N3O5. The number of benzene rings is 4. The zero-order valence-corrected chi connectivity index (χ0v) is 26.8. The third kappa shape index (κ3) is 5.45. The Kier molecular flexibility index (Phi) is 7.98. The predicted molar refractivity (Wildman–Crippen MR) is 183 cm³/mol. The molecule has 2 fully saturated rings. The van der Waals surface area contributed by atoms with E-state index in [2.05, 4.69) is 52.7 Å². The molecular weight excluding hydrogens is 602 g/mol. The maximum absolute atomic E-state index is 14.2. The van der Waals surface area contributed by atoms with E-state index in [-0.39, 0.29) is 24.3 Å². The first kappa shape index (κ1) is 30.4. The highest BCUT2D eigenvalue weighted by Crippen LogP contribution is 2.43. The summed E-state index contributed by atoms with van der Waals surface area (Å²) >= 11 is 0. The van der Waals surface area contributed by atoms with Crippen LogP contribution in [0, 0.1) is 0 Å². The van der Waals surface area contributed by atoms with Crippen molar-refractivity contribution in [2.75, 3.05) is 24.7 Å². The highest BCUT2D eigenvalue weighted by Gasteiger charge is 2.51. The maximum atomic E-state index is 14.2. The Morgan fingerprint density at radius 2 is 1.62 bits per heavy atom. The quantitative estimate of drug-likeness (QED) is 0.239. The maximum Gasteiger partial charge on any atom is 0.288 e. The van der Waals surface area contributed by atoms with Gasteiger partial charge in [0.1, 0.15) is 5.54 Å². The molecule has 4 aromatic carbocycles. The second-order valence-corrected chi connectivity index (χ2v) is 13.2. The Balaban J connectivity index is 1.05. The van der Waals surface area contributed by atoms with Crippen molar-refractivity contribution >= 4 is 17.5 Å². The van der Waals surface area contributed by atoms with Gasteiger partial charge >= 0.3 is 0 Å². The van der Waals surface area contributed by atoms with E-state index in [4.69, 9.17) is 9.47 Å². The molecule has 0 saturated carbocycles. The van der Waals surface area contributed by atoms with Crippen molar-refractivity contribution in [2.45, 2.75) is 56.6 Å². The van der Waals surface area contributed by atoms with Crippen molar-refractivity contribution in [3.8, 4) is 11.1 Å². The minimum Gasteiger partial charge on any atom is -0.459 e. The van der Waals surface area contributed by atoms with Crippen LogP contribution < -0.4 is 10.2 Å². The first-order valence-electron chi connectivity index (χ1n) is 16.8. The molecule has 0 radical (unpaired) electrons. The number of fused-ring (bicyclic) bond motifs is 3. The van der Waals surface area contributed by atoms with Crippen LogP contribution in [-0.4, -0.2) is 53.4 Å². The van der Waals surface area contributed by atoms with E-state index in [1.807, 2.05) is 65.6 Å². The molecule has 4 aromatic rings. The fourth-order valence-electron chi connectivity index (χ4n) is 7.86. The molecule has 244 valence electrons. The lowest BCUT2D eigenvalue weighted by Gasteiger charge is -2.43. The highest BCUT2D eigenvalue weighted by molar-refractivity contribution is 5.95. The smallest absolute Gasteiger partial charge is 0.288 e. The summed E-state index contributed by atoms with van der Waals surface area (Å²) in [6, 6.07) is 32.7. The number of aliphatic hydroxyl groups is 1. The number of likely N-dealkylation sites (tertiary alicyclic amines) is 1. The van der Waals surface area contributed by atoms with Gasteiger partial charge in [-0.25, -0.2) is 0 Å². The fraction of sp³-hybridized carbons (Fsp3) is 0.300. The normalized spacial score (nSPS) is 20.9. The molecule has 1 spiro atoms. The molecule has 2 amide bonds. The van der Waals surface area contributed by atoms with E-state index in [0.717, 1.165) is 23.2 Å². The molecule has 2 N–H and O–H groups in total. The Morgan fingerprint density at radius 3 is 2.42 bits per heavy atom. The van der Waals surface area contributed by atoms with Gasteiger partial charge in [-0.05, 0) is 76.4 Å². The second-order valence-electron chi connectivity index (χ2n) is 13.2. The van der Waals surface area contributed by atoms with Crippen LogP contribution in [0.5, 0.6) is 0 Å². The van der Waals surface area contributed by atoms with Gasteiger partial charge in [0.05, 0.1) is 19.9 Å². The molecule has 3 aliphatic heterocycles. The SMILES string of the molecule is O=C(C1=C[C@H](c2cccc3c2Cc2ccccc2-3)C[C@H](OCc2ccc(CO)cc2)O1)N1CCC2(CC1)C(=O)NCN2c1ccccc1. The second kappa shape index (κ2) is 12.6. The lowest BCUT2D eigenvalue weighted by atomic mass is 9.85. The van der Waals surface area contributed by atoms with E-state index >= 15 is 0 Å². The summed E-state index contributed by atoms with van der Waals surface area (Å²) in [5.41, 5.74) is 8.43. The molecule has 48 heavy (non-hydrogen) atoms. The van der Waals surface area contributed by atoms with Crippen molar-refractivity contribution in [3.05, 3.63) is 137 Å². The number of amides is 2. The summed E-state index contributed by atoms with van der Waals surface area (Å²) in [7, 11) is 0. The zero-order valence-electron chi connectivity index (χ0n) is 26.8. The standard InChI is InChI=1S/C40H39N3O5/c44-24-27-13-15-28(16-14-27)25-47-37-23-30(33-11-6-12-34-32-10-5-4-7-29(32)21-35(33)34)22-36(48-37)38(45)42-19-17-40(18-20-42)39(46)41-26-43(40)31-8-2-1-3-9-31/h1-16,22,30,37,44H,17-21,23-26H2,(H,41,46)/t30-,37+/m0/s1. The summed E-state index contributed by atoms with van der Waals surface area (Å²) < 4.78 is 12.7. The van der Waals surface area contributed by atoms with E-state index in [1.54, 1.807) is 0 Å². The minimum atomic E-state index is -0.681. The van der Waals surface area contributed by atoms with E-state index in [0.29, 0.717) is 51.4 Å². The van der Waals surface area contributed by atoms with Crippen LogP contribution in [0.1, 0.15) is 53.0 Å². The number of piperidine rings is 1.